The summed E-state index contributed by atoms with van der Waals surface area (Å²) in [6, 6.07) is 15.3. The molecule has 2 aromatic carbocycles. The lowest BCUT2D eigenvalue weighted by Gasteiger charge is -2.04. The second kappa shape index (κ2) is 3.62. The summed E-state index contributed by atoms with van der Waals surface area (Å²) in [7, 11) is 0. The Labute approximate surface area is 109 Å². The summed E-state index contributed by atoms with van der Waals surface area (Å²) >= 11 is 0. The van der Waals surface area contributed by atoms with E-state index in [4.69, 9.17) is 0 Å². The molecule has 4 heteroatoms. The number of carbonyl (C=O) groups excluding carboxylic acids is 1. The van der Waals surface area contributed by atoms with Crippen molar-refractivity contribution < 1.29 is 4.79 Å². The average molecular weight is 247 g/mol. The standard InChI is InChI=1S/C15H9N3O/c19-15-11-6-2-1-5-10(11)14(17-15)18-9-16-12-7-3-4-8-13(12)18/h1-9H. The molecule has 0 saturated heterocycles. The van der Waals surface area contributed by atoms with Crippen LogP contribution in [-0.2, 0) is 0 Å². The van der Waals surface area contributed by atoms with E-state index in [2.05, 4.69) is 9.98 Å². The third-order valence-corrected chi connectivity index (χ3v) is 3.29. The maximum absolute atomic E-state index is 11.9. The molecule has 0 saturated carbocycles. The van der Waals surface area contributed by atoms with Crippen LogP contribution in [0.25, 0.3) is 11.0 Å². The zero-order valence-corrected chi connectivity index (χ0v) is 9.95. The Kier molecular flexibility index (Phi) is 1.94. The van der Waals surface area contributed by atoms with Crippen molar-refractivity contribution in [1.29, 1.82) is 0 Å². The van der Waals surface area contributed by atoms with Crippen molar-refractivity contribution in [3.8, 4) is 0 Å². The van der Waals surface area contributed by atoms with Crippen LogP contribution < -0.4 is 0 Å². The summed E-state index contributed by atoms with van der Waals surface area (Å²) in [5.41, 5.74) is 3.35. The summed E-state index contributed by atoms with van der Waals surface area (Å²) in [5, 5.41) is 0. The molecule has 1 aromatic heterocycles. The van der Waals surface area contributed by atoms with Crippen LogP contribution >= 0.6 is 0 Å². The summed E-state index contributed by atoms with van der Waals surface area (Å²) in [5.74, 6) is 0.456. The number of rotatable bonds is 0. The van der Waals surface area contributed by atoms with Gasteiger partial charge < -0.3 is 0 Å². The lowest BCUT2D eigenvalue weighted by Crippen LogP contribution is -2.10. The summed E-state index contributed by atoms with van der Waals surface area (Å²) < 4.78 is 1.86. The number of benzene rings is 2. The van der Waals surface area contributed by atoms with Gasteiger partial charge in [0.2, 0.25) is 0 Å². The fourth-order valence-electron chi connectivity index (χ4n) is 2.39. The summed E-state index contributed by atoms with van der Waals surface area (Å²) in [4.78, 5) is 20.4. The van der Waals surface area contributed by atoms with Crippen LogP contribution in [0.1, 0.15) is 15.9 Å². The van der Waals surface area contributed by atoms with Gasteiger partial charge in [0.25, 0.3) is 5.91 Å². The molecule has 3 aromatic rings. The Bertz CT molecular complexity index is 845. The molecule has 0 unspecified atom stereocenters. The van der Waals surface area contributed by atoms with Crippen LogP contribution in [0.5, 0.6) is 0 Å². The van der Waals surface area contributed by atoms with Gasteiger partial charge in [-0.05, 0) is 18.2 Å². The van der Waals surface area contributed by atoms with Crippen molar-refractivity contribution in [3.05, 3.63) is 66.0 Å². The van der Waals surface area contributed by atoms with Crippen LogP contribution in [0.2, 0.25) is 0 Å². The molecule has 1 aliphatic rings. The van der Waals surface area contributed by atoms with Crippen molar-refractivity contribution in [1.82, 2.24) is 9.55 Å². The molecule has 2 heterocycles. The molecule has 0 aliphatic carbocycles. The molecule has 1 amide bonds. The molecule has 19 heavy (non-hydrogen) atoms. The molecule has 4 rings (SSSR count). The fourth-order valence-corrected chi connectivity index (χ4v) is 2.39. The number of amides is 1. The molecule has 90 valence electrons. The lowest BCUT2D eigenvalue weighted by atomic mass is 10.1. The van der Waals surface area contributed by atoms with E-state index in [0.29, 0.717) is 11.4 Å². The van der Waals surface area contributed by atoms with Gasteiger partial charge >= 0.3 is 0 Å². The molecule has 0 spiro atoms. The van der Waals surface area contributed by atoms with Gasteiger partial charge in [-0.3, -0.25) is 9.36 Å². The van der Waals surface area contributed by atoms with Gasteiger partial charge in [0.1, 0.15) is 6.33 Å². The van der Waals surface area contributed by atoms with E-state index >= 15 is 0 Å². The molecule has 1 aliphatic heterocycles. The van der Waals surface area contributed by atoms with Crippen LogP contribution in [0.3, 0.4) is 0 Å². The molecule has 0 N–H and O–H groups in total. The molecular formula is C15H9N3O. The highest BCUT2D eigenvalue weighted by Crippen LogP contribution is 2.22. The third kappa shape index (κ3) is 1.37. The quantitative estimate of drug-likeness (QED) is 0.612. The first-order valence-electron chi connectivity index (χ1n) is 5.99. The van der Waals surface area contributed by atoms with E-state index in [0.717, 1.165) is 16.6 Å². The average Bonchev–Trinajstić information content (AvgIpc) is 3.01. The molecule has 4 nitrogen and oxygen atoms in total. The molecular weight excluding hydrogens is 238 g/mol. The minimum Gasteiger partial charge on any atom is -0.282 e. The van der Waals surface area contributed by atoms with E-state index in [1.165, 1.54) is 0 Å². The van der Waals surface area contributed by atoms with E-state index < -0.39 is 0 Å². The van der Waals surface area contributed by atoms with Crippen molar-refractivity contribution >= 4 is 22.8 Å². The van der Waals surface area contributed by atoms with Gasteiger partial charge in [-0.1, -0.05) is 30.3 Å². The Morgan fingerprint density at radius 1 is 0.895 bits per heavy atom. The highest BCUT2D eigenvalue weighted by molar-refractivity contribution is 6.22. The van der Waals surface area contributed by atoms with Crippen molar-refractivity contribution in [3.63, 3.8) is 0 Å². The SMILES string of the molecule is O=C1N=C(n2cnc3ccccc32)c2ccccc21. The summed E-state index contributed by atoms with van der Waals surface area (Å²) in [6.45, 7) is 0. The third-order valence-electron chi connectivity index (χ3n) is 3.29. The zero-order chi connectivity index (χ0) is 12.8. The van der Waals surface area contributed by atoms with Gasteiger partial charge in [-0.15, -0.1) is 0 Å². The number of para-hydroxylation sites is 2. The van der Waals surface area contributed by atoms with E-state index in [9.17, 15) is 4.79 Å². The smallest absolute Gasteiger partial charge is 0.279 e. The minimum absolute atomic E-state index is 0.191. The van der Waals surface area contributed by atoms with E-state index in [1.807, 2.05) is 47.0 Å². The number of imidazole rings is 1. The first-order chi connectivity index (χ1) is 9.34. The Morgan fingerprint density at radius 2 is 1.63 bits per heavy atom. The number of hydrogen-bond donors (Lipinski definition) is 0. The zero-order valence-electron chi connectivity index (χ0n) is 9.95. The van der Waals surface area contributed by atoms with Crippen molar-refractivity contribution in [2.75, 3.05) is 0 Å². The van der Waals surface area contributed by atoms with Gasteiger partial charge in [0, 0.05) is 5.56 Å². The van der Waals surface area contributed by atoms with Gasteiger partial charge in [-0.2, -0.15) is 4.99 Å². The summed E-state index contributed by atoms with van der Waals surface area (Å²) in [6.07, 6.45) is 1.71. The van der Waals surface area contributed by atoms with Gasteiger partial charge in [0.15, 0.2) is 5.84 Å². The predicted octanol–water partition coefficient (Wildman–Crippen LogP) is 2.49. The maximum Gasteiger partial charge on any atom is 0.279 e. The van der Waals surface area contributed by atoms with Gasteiger partial charge in [-0.25, -0.2) is 4.98 Å². The molecule has 0 atom stereocenters. The van der Waals surface area contributed by atoms with Crippen molar-refractivity contribution in [2.24, 2.45) is 4.99 Å². The minimum atomic E-state index is -0.191. The Balaban J connectivity index is 2.00. The number of carbonyl (C=O) groups is 1. The second-order valence-corrected chi connectivity index (χ2v) is 4.39. The maximum atomic E-state index is 11.9. The van der Waals surface area contributed by atoms with Crippen LogP contribution in [0.15, 0.2) is 59.9 Å². The Morgan fingerprint density at radius 3 is 2.53 bits per heavy atom. The van der Waals surface area contributed by atoms with Crippen molar-refractivity contribution in [2.45, 2.75) is 0 Å². The highest BCUT2D eigenvalue weighted by atomic mass is 16.1. The lowest BCUT2D eigenvalue weighted by molar-refractivity contribution is 0.101. The van der Waals surface area contributed by atoms with Crippen LogP contribution in [0.4, 0.5) is 0 Å². The Hall–Kier alpha value is -2.75. The fraction of sp³-hybridized carbons (Fsp3) is 0. The first-order valence-corrected chi connectivity index (χ1v) is 5.99. The first kappa shape index (κ1) is 10.2. The number of nitrogens with zero attached hydrogens (tertiary/aromatic N) is 3. The van der Waals surface area contributed by atoms with Crippen LogP contribution in [0, 0.1) is 0 Å². The van der Waals surface area contributed by atoms with Gasteiger partial charge in [0.05, 0.1) is 16.6 Å². The normalized spacial score (nSPS) is 13.7. The molecule has 0 fully saturated rings. The largest absolute Gasteiger partial charge is 0.282 e. The molecule has 0 radical (unpaired) electrons. The molecule has 0 bridgehead atoms. The van der Waals surface area contributed by atoms with E-state index in [1.54, 1.807) is 12.4 Å². The monoisotopic (exact) mass is 247 g/mol. The second-order valence-electron chi connectivity index (χ2n) is 4.39. The highest BCUT2D eigenvalue weighted by Gasteiger charge is 2.24. The predicted molar refractivity (Wildman–Crippen MR) is 72.4 cm³/mol. The number of aliphatic imine (C=N–C) groups is 1. The number of fused-ring (bicyclic) bond motifs is 2. The number of hydrogen-bond acceptors (Lipinski definition) is 2. The number of aromatic nitrogens is 2. The van der Waals surface area contributed by atoms with Crippen LogP contribution in [-0.4, -0.2) is 21.3 Å². The van der Waals surface area contributed by atoms with E-state index in [-0.39, 0.29) is 5.91 Å². The topological polar surface area (TPSA) is 47.2 Å².